The summed E-state index contributed by atoms with van der Waals surface area (Å²) in [5.74, 6) is 8.18. The van der Waals surface area contributed by atoms with E-state index in [0.29, 0.717) is 0 Å². The van der Waals surface area contributed by atoms with Crippen molar-refractivity contribution in [3.05, 3.63) is 0 Å². The summed E-state index contributed by atoms with van der Waals surface area (Å²) in [4.78, 5) is 0. The minimum atomic E-state index is 0. The fourth-order valence-electron chi connectivity index (χ4n) is 6.61. The molecule has 0 bridgehead atoms. The lowest BCUT2D eigenvalue weighted by molar-refractivity contribution is 0.0672. The Hall–Kier alpha value is -0.160. The molecular weight excluding hydrogens is 352 g/mol. The first kappa shape index (κ1) is 32.5. The Kier molecular flexibility index (Phi) is 18.2. The summed E-state index contributed by atoms with van der Waals surface area (Å²) >= 11 is 0. The molecule has 0 aromatic rings. The van der Waals surface area contributed by atoms with Crippen molar-refractivity contribution in [3.63, 3.8) is 0 Å². The van der Waals surface area contributed by atoms with Crippen molar-refractivity contribution in [2.75, 3.05) is 0 Å². The molecule has 3 saturated carbocycles. The first-order chi connectivity index (χ1) is 11.5. The van der Waals surface area contributed by atoms with Crippen molar-refractivity contribution in [2.24, 2.45) is 47.3 Å². The average molecular weight is 407 g/mol. The maximum absolute atomic E-state index is 2.48. The van der Waals surface area contributed by atoms with Crippen LogP contribution in [0.4, 0.5) is 0 Å². The smallest absolute Gasteiger partial charge is 0.0358 e. The van der Waals surface area contributed by atoms with Gasteiger partial charge in [-0.25, -0.2) is 0 Å². The molecule has 3 rings (SSSR count). The largest absolute Gasteiger partial charge is 0.412 e. The highest BCUT2D eigenvalue weighted by atomic mass is 16.0. The molecule has 7 unspecified atom stereocenters. The molecule has 0 spiro atoms. The molecule has 0 saturated heterocycles. The van der Waals surface area contributed by atoms with E-state index in [1.807, 2.05) is 0 Å². The van der Waals surface area contributed by atoms with Crippen LogP contribution in [0.5, 0.6) is 0 Å². The maximum Gasteiger partial charge on any atom is -0.0358 e. The zero-order valence-electron chi connectivity index (χ0n) is 19.7. The van der Waals surface area contributed by atoms with Gasteiger partial charge < -0.3 is 21.9 Å². The Morgan fingerprint density at radius 1 is 0.607 bits per heavy atom. The molecule has 28 heavy (non-hydrogen) atoms. The highest BCUT2D eigenvalue weighted by Crippen LogP contribution is 2.46. The summed E-state index contributed by atoms with van der Waals surface area (Å²) in [5.41, 5.74) is 0. The molecule has 0 heterocycles. The third-order valence-electron chi connectivity index (χ3n) is 8.22. The van der Waals surface area contributed by atoms with Crippen LogP contribution in [0.3, 0.4) is 0 Å². The van der Waals surface area contributed by atoms with Gasteiger partial charge in [0.2, 0.25) is 0 Å². The van der Waals surface area contributed by atoms with Gasteiger partial charge in [0.05, 0.1) is 0 Å². The topological polar surface area (TPSA) is 126 Å². The SMILES string of the molecule is CC1CCC(C)C2CCCCC12.CCC1C(C)CCCC1C(C)C.O.O.O.O. The summed E-state index contributed by atoms with van der Waals surface area (Å²) in [7, 11) is 0. The molecule has 174 valence electrons. The van der Waals surface area contributed by atoms with Gasteiger partial charge in [0.15, 0.2) is 0 Å². The molecule has 8 N–H and O–H groups in total. The second-order valence-electron chi connectivity index (χ2n) is 10.0. The van der Waals surface area contributed by atoms with Crippen molar-refractivity contribution >= 4 is 0 Å². The summed E-state index contributed by atoms with van der Waals surface area (Å²) in [6, 6.07) is 0. The lowest BCUT2D eigenvalue weighted by atomic mass is 9.62. The summed E-state index contributed by atoms with van der Waals surface area (Å²) in [5, 5.41) is 0. The molecule has 4 heteroatoms. The summed E-state index contributed by atoms with van der Waals surface area (Å²) in [6.07, 6.45) is 14.9. The molecule has 0 radical (unpaired) electrons. The summed E-state index contributed by atoms with van der Waals surface area (Å²) in [6.45, 7) is 14.6. The van der Waals surface area contributed by atoms with E-state index in [4.69, 9.17) is 0 Å². The van der Waals surface area contributed by atoms with Gasteiger partial charge in [0.1, 0.15) is 0 Å². The van der Waals surface area contributed by atoms with Gasteiger partial charge in [-0.3, -0.25) is 0 Å². The van der Waals surface area contributed by atoms with E-state index in [-0.39, 0.29) is 21.9 Å². The molecule has 4 nitrogen and oxygen atoms in total. The number of hydrogen-bond acceptors (Lipinski definition) is 0. The van der Waals surface area contributed by atoms with E-state index in [0.717, 1.165) is 47.3 Å². The molecule has 0 aromatic carbocycles. The van der Waals surface area contributed by atoms with Crippen molar-refractivity contribution in [1.82, 2.24) is 0 Å². The predicted octanol–water partition coefficient (Wildman–Crippen LogP) is 4.66. The van der Waals surface area contributed by atoms with Crippen molar-refractivity contribution < 1.29 is 21.9 Å². The lowest BCUT2D eigenvalue weighted by Crippen LogP contribution is -2.34. The van der Waals surface area contributed by atoms with Crippen LogP contribution in [0.25, 0.3) is 0 Å². The van der Waals surface area contributed by atoms with Crippen LogP contribution in [0.1, 0.15) is 106 Å². The molecule has 3 aliphatic rings. The number of rotatable bonds is 2. The minimum absolute atomic E-state index is 0. The highest BCUT2D eigenvalue weighted by Gasteiger charge is 2.36. The Bertz CT molecular complexity index is 334. The fourth-order valence-corrected chi connectivity index (χ4v) is 6.61. The predicted molar refractivity (Wildman–Crippen MR) is 123 cm³/mol. The van der Waals surface area contributed by atoms with E-state index >= 15 is 0 Å². The van der Waals surface area contributed by atoms with Gasteiger partial charge in [-0.05, 0) is 66.6 Å². The molecule has 7 atom stereocenters. The van der Waals surface area contributed by atoms with Gasteiger partial charge in [-0.2, -0.15) is 0 Å². The second-order valence-corrected chi connectivity index (χ2v) is 10.0. The third-order valence-corrected chi connectivity index (χ3v) is 8.22. The first-order valence-electron chi connectivity index (χ1n) is 11.5. The van der Waals surface area contributed by atoms with E-state index < -0.39 is 0 Å². The monoisotopic (exact) mass is 406 g/mol. The van der Waals surface area contributed by atoms with Crippen LogP contribution in [0.15, 0.2) is 0 Å². The van der Waals surface area contributed by atoms with Crippen molar-refractivity contribution in [3.8, 4) is 0 Å². The average Bonchev–Trinajstić information content (AvgIpc) is 2.59. The van der Waals surface area contributed by atoms with E-state index in [1.54, 1.807) is 0 Å². The summed E-state index contributed by atoms with van der Waals surface area (Å²) < 4.78 is 0. The molecular formula is C24H54O4. The van der Waals surface area contributed by atoms with Crippen molar-refractivity contribution in [2.45, 2.75) is 106 Å². The maximum atomic E-state index is 2.48. The standard InChI is InChI=1S/C12H22.C12H24.4H2O/c1-9-7-8-10(2)12-6-4-3-5-11(9)12;1-5-11-10(4)7-6-8-12(11)9(2)3;;;;/h9-12H,3-8H2,1-2H3;9-12H,5-8H2,1-4H3;4*1H2. The molecule has 0 amide bonds. The number of hydrogen-bond donors (Lipinski definition) is 0. The molecule has 0 aliphatic heterocycles. The van der Waals surface area contributed by atoms with Crippen LogP contribution in [-0.4, -0.2) is 21.9 Å². The number of fused-ring (bicyclic) bond motifs is 1. The van der Waals surface area contributed by atoms with Crippen LogP contribution in [0.2, 0.25) is 0 Å². The van der Waals surface area contributed by atoms with E-state index in [2.05, 4.69) is 41.5 Å². The Morgan fingerprint density at radius 2 is 1.07 bits per heavy atom. The minimum Gasteiger partial charge on any atom is -0.412 e. The van der Waals surface area contributed by atoms with E-state index in [9.17, 15) is 0 Å². The van der Waals surface area contributed by atoms with Gasteiger partial charge >= 0.3 is 0 Å². The molecule has 3 fully saturated rings. The lowest BCUT2D eigenvalue weighted by Gasteiger charge is -2.43. The molecule has 0 aromatic heterocycles. The molecule has 3 aliphatic carbocycles. The third kappa shape index (κ3) is 8.30. The Labute approximate surface area is 175 Å². The van der Waals surface area contributed by atoms with Gasteiger partial charge in [-0.15, -0.1) is 0 Å². The normalized spacial score (nSPS) is 36.8. The highest BCUT2D eigenvalue weighted by molar-refractivity contribution is 4.86. The van der Waals surface area contributed by atoms with E-state index in [1.165, 1.54) is 64.2 Å². The van der Waals surface area contributed by atoms with Crippen LogP contribution in [0, 0.1) is 47.3 Å². The van der Waals surface area contributed by atoms with Gasteiger partial charge in [0, 0.05) is 0 Å². The quantitative estimate of drug-likeness (QED) is 0.632. The Balaban J connectivity index is -0.000000391. The zero-order chi connectivity index (χ0) is 17.7. The van der Waals surface area contributed by atoms with Gasteiger partial charge in [-0.1, -0.05) is 86.5 Å². The van der Waals surface area contributed by atoms with Crippen LogP contribution in [-0.2, 0) is 0 Å². The first-order valence-corrected chi connectivity index (χ1v) is 11.5. The van der Waals surface area contributed by atoms with Gasteiger partial charge in [0.25, 0.3) is 0 Å². The van der Waals surface area contributed by atoms with Crippen molar-refractivity contribution in [1.29, 1.82) is 0 Å². The second kappa shape index (κ2) is 15.6. The Morgan fingerprint density at radius 3 is 1.43 bits per heavy atom. The fraction of sp³-hybridized carbons (Fsp3) is 1.00. The zero-order valence-corrected chi connectivity index (χ0v) is 19.7. The van der Waals surface area contributed by atoms with Crippen LogP contribution >= 0.6 is 0 Å². The van der Waals surface area contributed by atoms with Crippen LogP contribution < -0.4 is 0 Å².